The van der Waals surface area contributed by atoms with Gasteiger partial charge in [0.15, 0.2) is 5.01 Å². The zero-order chi connectivity index (χ0) is 24.1. The summed E-state index contributed by atoms with van der Waals surface area (Å²) in [4.78, 5) is 43.5. The fourth-order valence-corrected chi connectivity index (χ4v) is 5.17. The lowest BCUT2D eigenvalue weighted by atomic mass is 9.96. The maximum absolute atomic E-state index is 13.4. The molecular formula is C25H25N5O3S. The number of thiazole rings is 1. The molecule has 174 valence electrons. The highest BCUT2D eigenvalue weighted by molar-refractivity contribution is 7.20. The van der Waals surface area contributed by atoms with Gasteiger partial charge in [-0.3, -0.25) is 14.4 Å². The number of nitriles is 1. The first-order valence-corrected chi connectivity index (χ1v) is 12.0. The van der Waals surface area contributed by atoms with E-state index in [1.54, 1.807) is 11.8 Å². The van der Waals surface area contributed by atoms with Crippen LogP contribution in [0, 0.1) is 17.2 Å². The minimum atomic E-state index is -0.823. The molecule has 1 aliphatic rings. The number of benzene rings is 2. The Labute approximate surface area is 201 Å². The molecule has 0 spiro atoms. The first-order valence-electron chi connectivity index (χ1n) is 11.1. The molecule has 3 atom stereocenters. The van der Waals surface area contributed by atoms with Crippen molar-refractivity contribution in [3.8, 4) is 6.07 Å². The van der Waals surface area contributed by atoms with Crippen LogP contribution in [0.5, 0.6) is 0 Å². The monoisotopic (exact) mass is 475 g/mol. The first kappa shape index (κ1) is 23.4. The highest BCUT2D eigenvalue weighted by Gasteiger charge is 2.34. The third-order valence-corrected chi connectivity index (χ3v) is 7.05. The molecule has 0 bridgehead atoms. The number of aromatic nitrogens is 1. The number of carbonyl (C=O) groups excluding carboxylic acids is 3. The molecular weight excluding hydrogens is 450 g/mol. The fourth-order valence-electron chi connectivity index (χ4n) is 4.30. The van der Waals surface area contributed by atoms with E-state index in [1.807, 2.05) is 48.5 Å². The third-order valence-electron chi connectivity index (χ3n) is 6.02. The molecule has 9 heteroatoms. The molecule has 0 saturated carbocycles. The van der Waals surface area contributed by atoms with E-state index in [1.165, 1.54) is 11.3 Å². The molecule has 1 aromatic heterocycles. The van der Waals surface area contributed by atoms with Crippen molar-refractivity contribution >= 4 is 45.5 Å². The average Bonchev–Trinajstić information content (AvgIpc) is 3.51. The van der Waals surface area contributed by atoms with Crippen LogP contribution >= 0.6 is 11.3 Å². The number of para-hydroxylation sites is 2. The van der Waals surface area contributed by atoms with E-state index in [4.69, 9.17) is 0 Å². The van der Waals surface area contributed by atoms with Gasteiger partial charge in [-0.25, -0.2) is 4.98 Å². The van der Waals surface area contributed by atoms with Gasteiger partial charge in [-0.15, -0.1) is 11.3 Å². The second kappa shape index (κ2) is 10.4. The standard InChI is InChI=1S/C25H25N5O3S/c1-16(13-26)12-21(28-23(32)24-29-20-8-4-5-9-22(20)34-24)25(33)30-11-10-17(14-30)18-6-2-3-7-19(18)27-15-31/h2-9,15-17,21H,10-12,14H2,1H3,(H,27,31)(H,28,32). The number of nitrogens with one attached hydrogen (secondary N) is 2. The molecule has 3 unspecified atom stereocenters. The van der Waals surface area contributed by atoms with Gasteiger partial charge in [0.05, 0.1) is 16.3 Å². The molecule has 2 aromatic carbocycles. The normalized spacial score (nSPS) is 17.1. The fraction of sp³-hybridized carbons (Fsp3) is 0.320. The molecule has 0 radical (unpaired) electrons. The molecule has 2 heterocycles. The van der Waals surface area contributed by atoms with Gasteiger partial charge in [-0.05, 0) is 43.5 Å². The van der Waals surface area contributed by atoms with Crippen molar-refractivity contribution < 1.29 is 14.4 Å². The summed E-state index contributed by atoms with van der Waals surface area (Å²) in [7, 11) is 0. The van der Waals surface area contributed by atoms with E-state index < -0.39 is 17.9 Å². The summed E-state index contributed by atoms with van der Waals surface area (Å²) in [6.07, 6.45) is 1.61. The van der Waals surface area contributed by atoms with Gasteiger partial charge in [-0.2, -0.15) is 5.26 Å². The van der Waals surface area contributed by atoms with E-state index in [0.29, 0.717) is 19.5 Å². The number of rotatable bonds is 8. The van der Waals surface area contributed by atoms with Crippen molar-refractivity contribution in [3.63, 3.8) is 0 Å². The van der Waals surface area contributed by atoms with Gasteiger partial charge in [-0.1, -0.05) is 30.3 Å². The smallest absolute Gasteiger partial charge is 0.280 e. The maximum atomic E-state index is 13.4. The minimum absolute atomic E-state index is 0.0709. The highest BCUT2D eigenvalue weighted by Crippen LogP contribution is 2.32. The maximum Gasteiger partial charge on any atom is 0.280 e. The Kier molecular flexibility index (Phi) is 7.18. The lowest BCUT2D eigenvalue weighted by Gasteiger charge is -2.25. The Balaban J connectivity index is 1.50. The van der Waals surface area contributed by atoms with E-state index in [9.17, 15) is 19.6 Å². The van der Waals surface area contributed by atoms with Crippen LogP contribution in [-0.4, -0.2) is 47.2 Å². The van der Waals surface area contributed by atoms with Crippen molar-refractivity contribution in [1.82, 2.24) is 15.2 Å². The van der Waals surface area contributed by atoms with Crippen molar-refractivity contribution in [2.24, 2.45) is 5.92 Å². The van der Waals surface area contributed by atoms with Crippen LogP contribution in [0.25, 0.3) is 10.2 Å². The lowest BCUT2D eigenvalue weighted by molar-refractivity contribution is -0.132. The summed E-state index contributed by atoms with van der Waals surface area (Å²) in [5.74, 6) is -0.956. The predicted molar refractivity (Wildman–Crippen MR) is 130 cm³/mol. The van der Waals surface area contributed by atoms with Crippen molar-refractivity contribution in [2.45, 2.75) is 31.7 Å². The van der Waals surface area contributed by atoms with Crippen LogP contribution in [0.3, 0.4) is 0 Å². The highest BCUT2D eigenvalue weighted by atomic mass is 32.1. The van der Waals surface area contributed by atoms with Gasteiger partial charge < -0.3 is 15.5 Å². The van der Waals surface area contributed by atoms with Gasteiger partial charge in [0.1, 0.15) is 6.04 Å². The van der Waals surface area contributed by atoms with Gasteiger partial charge in [0.2, 0.25) is 12.3 Å². The zero-order valence-electron chi connectivity index (χ0n) is 18.7. The Morgan fingerprint density at radius 2 is 2.03 bits per heavy atom. The minimum Gasteiger partial charge on any atom is -0.340 e. The number of hydrogen-bond donors (Lipinski definition) is 2. The van der Waals surface area contributed by atoms with Gasteiger partial charge in [0.25, 0.3) is 5.91 Å². The SMILES string of the molecule is CC(C#N)CC(NC(=O)c1nc2ccccc2s1)C(=O)N1CCC(c2ccccc2NC=O)C1. The Morgan fingerprint density at radius 1 is 1.26 bits per heavy atom. The van der Waals surface area contributed by atoms with Gasteiger partial charge in [0, 0.05) is 30.6 Å². The second-order valence-corrected chi connectivity index (χ2v) is 9.43. The number of likely N-dealkylation sites (tertiary alicyclic amines) is 1. The number of amides is 3. The van der Waals surface area contributed by atoms with Crippen LogP contribution < -0.4 is 10.6 Å². The number of nitrogens with zero attached hydrogens (tertiary/aromatic N) is 3. The topological polar surface area (TPSA) is 115 Å². The summed E-state index contributed by atoms with van der Waals surface area (Å²) in [5, 5.41) is 15.2. The predicted octanol–water partition coefficient (Wildman–Crippen LogP) is 3.53. The number of fused-ring (bicyclic) bond motifs is 1. The lowest BCUT2D eigenvalue weighted by Crippen LogP contribution is -2.48. The summed E-state index contributed by atoms with van der Waals surface area (Å²) in [6.45, 7) is 2.75. The van der Waals surface area contributed by atoms with E-state index in [-0.39, 0.29) is 23.3 Å². The Morgan fingerprint density at radius 3 is 2.79 bits per heavy atom. The van der Waals surface area contributed by atoms with Crippen LogP contribution in [-0.2, 0) is 9.59 Å². The molecule has 1 fully saturated rings. The molecule has 34 heavy (non-hydrogen) atoms. The summed E-state index contributed by atoms with van der Waals surface area (Å²) < 4.78 is 0.894. The Hall–Kier alpha value is -3.77. The Bertz CT molecular complexity index is 1220. The molecule has 2 N–H and O–H groups in total. The molecule has 1 saturated heterocycles. The van der Waals surface area contributed by atoms with Crippen molar-refractivity contribution in [3.05, 3.63) is 59.1 Å². The largest absolute Gasteiger partial charge is 0.340 e. The van der Waals surface area contributed by atoms with Crippen LogP contribution in [0.15, 0.2) is 48.5 Å². The number of carbonyl (C=O) groups is 3. The molecule has 3 aromatic rings. The molecule has 8 nitrogen and oxygen atoms in total. The van der Waals surface area contributed by atoms with Crippen LogP contribution in [0.1, 0.15) is 41.0 Å². The molecule has 3 amide bonds. The van der Waals surface area contributed by atoms with E-state index >= 15 is 0 Å². The summed E-state index contributed by atoms with van der Waals surface area (Å²) >= 11 is 1.27. The first-order chi connectivity index (χ1) is 16.5. The zero-order valence-corrected chi connectivity index (χ0v) is 19.5. The molecule has 1 aliphatic heterocycles. The quantitative estimate of drug-likeness (QED) is 0.484. The summed E-state index contributed by atoms with van der Waals surface area (Å²) in [5.41, 5.74) is 2.44. The van der Waals surface area contributed by atoms with Crippen LogP contribution in [0.4, 0.5) is 5.69 Å². The molecule has 4 rings (SSSR count). The van der Waals surface area contributed by atoms with Crippen molar-refractivity contribution in [2.75, 3.05) is 18.4 Å². The number of anilines is 1. The van der Waals surface area contributed by atoms with Crippen molar-refractivity contribution in [1.29, 1.82) is 5.26 Å². The van der Waals surface area contributed by atoms with E-state index in [2.05, 4.69) is 21.7 Å². The summed E-state index contributed by atoms with van der Waals surface area (Å²) in [6, 6.07) is 16.4. The van der Waals surface area contributed by atoms with E-state index in [0.717, 1.165) is 27.9 Å². The third kappa shape index (κ3) is 5.07. The molecule has 0 aliphatic carbocycles. The second-order valence-electron chi connectivity index (χ2n) is 8.40. The average molecular weight is 476 g/mol. The van der Waals surface area contributed by atoms with Crippen LogP contribution in [0.2, 0.25) is 0 Å². The van der Waals surface area contributed by atoms with Gasteiger partial charge >= 0.3 is 0 Å². The number of hydrogen-bond acceptors (Lipinski definition) is 6.